The lowest BCUT2D eigenvalue weighted by Gasteiger charge is -2.21. The third-order valence-electron chi connectivity index (χ3n) is 5.06. The highest BCUT2D eigenvalue weighted by Crippen LogP contribution is 2.17. The summed E-state index contributed by atoms with van der Waals surface area (Å²) in [5.74, 6) is 1.08. The van der Waals surface area contributed by atoms with Crippen LogP contribution in [0.5, 0.6) is 0 Å². The van der Waals surface area contributed by atoms with Gasteiger partial charge in [-0.25, -0.2) is 0 Å². The van der Waals surface area contributed by atoms with Gasteiger partial charge in [-0.15, -0.1) is 11.3 Å². The number of carbonyl (C=O) groups excluding carboxylic acids is 2. The van der Waals surface area contributed by atoms with Crippen molar-refractivity contribution in [3.05, 3.63) is 46.5 Å². The van der Waals surface area contributed by atoms with Gasteiger partial charge in [0.15, 0.2) is 0 Å². The molecule has 152 valence electrons. The maximum absolute atomic E-state index is 12.6. The van der Waals surface area contributed by atoms with Gasteiger partial charge in [0.05, 0.1) is 18.6 Å². The summed E-state index contributed by atoms with van der Waals surface area (Å²) in [5.41, 5.74) is 0. The third-order valence-corrected chi connectivity index (χ3v) is 5.93. The SMILES string of the molecule is CN1C[C@@H](NC(=O)Cc2cccs2)CC[C@@H](C(=O)NCCCc2ccco2)C1. The monoisotopic (exact) mass is 403 g/mol. The summed E-state index contributed by atoms with van der Waals surface area (Å²) in [6, 6.07) is 7.87. The number of hydrogen-bond donors (Lipinski definition) is 2. The highest BCUT2D eigenvalue weighted by atomic mass is 32.1. The van der Waals surface area contributed by atoms with Crippen molar-refractivity contribution in [1.82, 2.24) is 15.5 Å². The predicted molar refractivity (Wildman–Crippen MR) is 110 cm³/mol. The van der Waals surface area contributed by atoms with Gasteiger partial charge in [0.25, 0.3) is 0 Å². The molecule has 1 aliphatic rings. The van der Waals surface area contributed by atoms with Crippen molar-refractivity contribution in [2.24, 2.45) is 5.92 Å². The molecule has 1 aliphatic heterocycles. The molecule has 0 aromatic carbocycles. The quantitative estimate of drug-likeness (QED) is 0.664. The van der Waals surface area contributed by atoms with Gasteiger partial charge in [-0.3, -0.25) is 9.59 Å². The smallest absolute Gasteiger partial charge is 0.225 e. The Morgan fingerprint density at radius 3 is 2.89 bits per heavy atom. The van der Waals surface area contributed by atoms with Crippen LogP contribution in [-0.4, -0.2) is 49.4 Å². The third kappa shape index (κ3) is 6.49. The zero-order valence-corrected chi connectivity index (χ0v) is 17.2. The van der Waals surface area contributed by atoms with E-state index in [0.717, 1.165) is 49.4 Å². The topological polar surface area (TPSA) is 74.6 Å². The van der Waals surface area contributed by atoms with E-state index in [1.54, 1.807) is 17.6 Å². The molecule has 6 nitrogen and oxygen atoms in total. The molecule has 0 spiro atoms. The largest absolute Gasteiger partial charge is 0.469 e. The zero-order chi connectivity index (χ0) is 19.8. The average molecular weight is 404 g/mol. The minimum atomic E-state index is -0.0344. The maximum atomic E-state index is 12.6. The van der Waals surface area contributed by atoms with Crippen molar-refractivity contribution < 1.29 is 14.0 Å². The molecule has 2 N–H and O–H groups in total. The summed E-state index contributed by atoms with van der Waals surface area (Å²) in [6.07, 6.45) is 5.41. The average Bonchev–Trinajstić information content (AvgIpc) is 3.32. The van der Waals surface area contributed by atoms with Gasteiger partial charge in [0, 0.05) is 37.0 Å². The van der Waals surface area contributed by atoms with Crippen molar-refractivity contribution in [3.63, 3.8) is 0 Å². The standard InChI is InChI=1S/C21H29N3O3S/c1-24-14-16(21(26)22-10-2-5-18-6-3-11-27-18)8-9-17(15-24)23-20(25)13-19-7-4-12-28-19/h3-4,6-7,11-12,16-17H,2,5,8-10,13-15H2,1H3,(H,22,26)(H,23,25)/t16-,17+/m1/s1. The lowest BCUT2D eigenvalue weighted by molar-refractivity contribution is -0.125. The van der Waals surface area contributed by atoms with Crippen molar-refractivity contribution in [3.8, 4) is 0 Å². The van der Waals surface area contributed by atoms with Gasteiger partial charge in [-0.05, 0) is 49.9 Å². The van der Waals surface area contributed by atoms with E-state index in [4.69, 9.17) is 4.42 Å². The molecule has 2 amide bonds. The van der Waals surface area contributed by atoms with E-state index in [2.05, 4.69) is 15.5 Å². The highest BCUT2D eigenvalue weighted by molar-refractivity contribution is 7.10. The first kappa shape index (κ1) is 20.6. The number of nitrogens with one attached hydrogen (secondary N) is 2. The molecule has 28 heavy (non-hydrogen) atoms. The summed E-state index contributed by atoms with van der Waals surface area (Å²) >= 11 is 1.60. The van der Waals surface area contributed by atoms with E-state index >= 15 is 0 Å². The highest BCUT2D eigenvalue weighted by Gasteiger charge is 2.27. The van der Waals surface area contributed by atoms with Crippen LogP contribution in [0.4, 0.5) is 0 Å². The number of amides is 2. The molecule has 2 atom stereocenters. The Morgan fingerprint density at radius 1 is 1.25 bits per heavy atom. The fourth-order valence-corrected chi connectivity index (χ4v) is 4.37. The first-order valence-electron chi connectivity index (χ1n) is 9.90. The number of likely N-dealkylation sites (tertiary alicyclic amines) is 1. The maximum Gasteiger partial charge on any atom is 0.225 e. The molecule has 1 saturated heterocycles. The molecule has 2 aromatic heterocycles. The molecule has 0 unspecified atom stereocenters. The van der Waals surface area contributed by atoms with E-state index < -0.39 is 0 Å². The van der Waals surface area contributed by atoms with E-state index in [1.165, 1.54) is 0 Å². The van der Waals surface area contributed by atoms with Crippen molar-refractivity contribution in [1.29, 1.82) is 0 Å². The number of rotatable bonds is 8. The van der Waals surface area contributed by atoms with E-state index in [1.807, 2.05) is 36.7 Å². The number of carbonyl (C=O) groups is 2. The minimum absolute atomic E-state index is 0.0344. The lowest BCUT2D eigenvalue weighted by Crippen LogP contribution is -2.42. The summed E-state index contributed by atoms with van der Waals surface area (Å²) in [4.78, 5) is 28.1. The normalized spacial score (nSPS) is 20.5. The fourth-order valence-electron chi connectivity index (χ4n) is 3.67. The van der Waals surface area contributed by atoms with Crippen LogP contribution in [-0.2, 0) is 22.4 Å². The van der Waals surface area contributed by atoms with Gasteiger partial charge >= 0.3 is 0 Å². The van der Waals surface area contributed by atoms with Crippen LogP contribution in [0.25, 0.3) is 0 Å². The summed E-state index contributed by atoms with van der Waals surface area (Å²) in [6.45, 7) is 2.15. The number of aryl methyl sites for hydroxylation is 1. The van der Waals surface area contributed by atoms with Gasteiger partial charge in [0.2, 0.25) is 11.8 Å². The number of nitrogens with zero attached hydrogens (tertiary/aromatic N) is 1. The molecule has 1 fully saturated rings. The van der Waals surface area contributed by atoms with Crippen LogP contribution in [0.15, 0.2) is 40.3 Å². The second-order valence-electron chi connectivity index (χ2n) is 7.49. The molecule has 3 heterocycles. The van der Waals surface area contributed by atoms with Crippen molar-refractivity contribution in [2.75, 3.05) is 26.7 Å². The summed E-state index contributed by atoms with van der Waals surface area (Å²) in [7, 11) is 2.01. The molecule has 2 aromatic rings. The van der Waals surface area contributed by atoms with Crippen LogP contribution in [0.2, 0.25) is 0 Å². The summed E-state index contributed by atoms with van der Waals surface area (Å²) in [5, 5.41) is 8.18. The molecular weight excluding hydrogens is 374 g/mol. The molecule has 7 heteroatoms. The molecule has 0 bridgehead atoms. The van der Waals surface area contributed by atoms with Gasteiger partial charge in [-0.1, -0.05) is 6.07 Å². The minimum Gasteiger partial charge on any atom is -0.469 e. The number of furan rings is 1. The van der Waals surface area contributed by atoms with Crippen molar-refractivity contribution >= 4 is 23.2 Å². The molecule has 0 aliphatic carbocycles. The van der Waals surface area contributed by atoms with Crippen LogP contribution in [0.1, 0.15) is 29.9 Å². The van der Waals surface area contributed by atoms with E-state index in [9.17, 15) is 9.59 Å². The van der Waals surface area contributed by atoms with Gasteiger partial charge in [-0.2, -0.15) is 0 Å². The lowest BCUT2D eigenvalue weighted by atomic mass is 10.0. The molecule has 0 radical (unpaired) electrons. The Kier molecular flexibility index (Phi) is 7.68. The number of likely N-dealkylation sites (N-methyl/N-ethyl adjacent to an activating group) is 1. The summed E-state index contributed by atoms with van der Waals surface area (Å²) < 4.78 is 5.31. The number of hydrogen-bond acceptors (Lipinski definition) is 5. The van der Waals surface area contributed by atoms with Gasteiger partial charge in [0.1, 0.15) is 5.76 Å². The van der Waals surface area contributed by atoms with Crippen LogP contribution in [0.3, 0.4) is 0 Å². The molecule has 3 rings (SSSR count). The van der Waals surface area contributed by atoms with Gasteiger partial charge < -0.3 is 20.0 Å². The zero-order valence-electron chi connectivity index (χ0n) is 16.4. The van der Waals surface area contributed by atoms with Crippen LogP contribution in [0, 0.1) is 5.92 Å². The predicted octanol–water partition coefficient (Wildman–Crippen LogP) is 2.46. The Balaban J connectivity index is 1.39. The molecule has 0 saturated carbocycles. The number of thiophene rings is 1. The van der Waals surface area contributed by atoms with Crippen LogP contribution < -0.4 is 10.6 Å². The Morgan fingerprint density at radius 2 is 2.14 bits per heavy atom. The first-order chi connectivity index (χ1) is 13.6. The van der Waals surface area contributed by atoms with E-state index in [0.29, 0.717) is 13.0 Å². The van der Waals surface area contributed by atoms with Crippen molar-refractivity contribution in [2.45, 2.75) is 38.1 Å². The van der Waals surface area contributed by atoms with E-state index in [-0.39, 0.29) is 23.8 Å². The fraction of sp³-hybridized carbons (Fsp3) is 0.524. The molecular formula is C21H29N3O3S. The Bertz CT molecular complexity index is 730. The Labute approximate surface area is 170 Å². The second kappa shape index (κ2) is 10.4. The first-order valence-corrected chi connectivity index (χ1v) is 10.8. The van der Waals surface area contributed by atoms with Crippen LogP contribution >= 0.6 is 11.3 Å². The second-order valence-corrected chi connectivity index (χ2v) is 8.52. The Hall–Kier alpha value is -2.12.